The molecule has 1 heterocycles. The Morgan fingerprint density at radius 1 is 1.56 bits per heavy atom. The van der Waals surface area contributed by atoms with Gasteiger partial charge in [-0.25, -0.2) is 4.79 Å². The summed E-state index contributed by atoms with van der Waals surface area (Å²) in [4.78, 5) is 15.2. The summed E-state index contributed by atoms with van der Waals surface area (Å²) in [6.07, 6.45) is 0.727. The Morgan fingerprint density at radius 2 is 2.25 bits per heavy atom. The van der Waals surface area contributed by atoms with Crippen LogP contribution in [0.5, 0.6) is 0 Å². The molecule has 6 nitrogen and oxygen atoms in total. The van der Waals surface area contributed by atoms with Gasteiger partial charge < -0.3 is 15.0 Å². The van der Waals surface area contributed by atoms with E-state index in [0.29, 0.717) is 5.92 Å². The summed E-state index contributed by atoms with van der Waals surface area (Å²) in [6, 6.07) is -0.337. The van der Waals surface area contributed by atoms with Gasteiger partial charge in [0.25, 0.3) is 5.82 Å². The van der Waals surface area contributed by atoms with Crippen LogP contribution in [-0.4, -0.2) is 22.7 Å². The number of rotatable bonds is 5. The molecule has 90 valence electrons. The van der Waals surface area contributed by atoms with E-state index in [1.807, 2.05) is 13.8 Å². The second-order valence-electron chi connectivity index (χ2n) is 3.91. The van der Waals surface area contributed by atoms with Crippen molar-refractivity contribution in [3.05, 3.63) is 11.7 Å². The van der Waals surface area contributed by atoms with Crippen LogP contribution in [0, 0.1) is 5.92 Å². The molecule has 0 aromatic carbocycles. The van der Waals surface area contributed by atoms with Crippen molar-refractivity contribution in [3.8, 4) is 0 Å². The van der Waals surface area contributed by atoms with E-state index in [-0.39, 0.29) is 24.4 Å². The zero-order valence-electron chi connectivity index (χ0n) is 9.77. The molecule has 0 aliphatic heterocycles. The molecular weight excluding hydrogens is 210 g/mol. The number of hydrogen-bond donors (Lipinski definition) is 1. The summed E-state index contributed by atoms with van der Waals surface area (Å²) in [6.45, 7) is 6.08. The highest BCUT2D eigenvalue weighted by molar-refractivity contribution is 5.84. The van der Waals surface area contributed by atoms with E-state index in [2.05, 4.69) is 10.1 Å². The maximum atomic E-state index is 11.3. The Labute approximate surface area is 94.2 Å². The fourth-order valence-corrected chi connectivity index (χ4v) is 1.27. The van der Waals surface area contributed by atoms with Gasteiger partial charge in [-0.2, -0.15) is 4.98 Å². The first kappa shape index (κ1) is 12.6. The molecule has 0 saturated carbocycles. The van der Waals surface area contributed by atoms with Gasteiger partial charge in [-0.05, 0) is 24.4 Å². The van der Waals surface area contributed by atoms with E-state index in [9.17, 15) is 4.79 Å². The SMILES string of the molecule is CCOC(=O)c1noc(C(N)CC(C)C)n1. The molecule has 1 rings (SSSR count). The van der Waals surface area contributed by atoms with E-state index in [1.165, 1.54) is 0 Å². The number of aromatic nitrogens is 2. The Bertz CT molecular complexity index is 349. The van der Waals surface area contributed by atoms with E-state index in [1.54, 1.807) is 6.92 Å². The molecular formula is C10H17N3O3. The normalized spacial score (nSPS) is 12.8. The first-order valence-electron chi connectivity index (χ1n) is 5.30. The number of carbonyl (C=O) groups excluding carboxylic acids is 1. The Hall–Kier alpha value is -1.43. The third kappa shape index (κ3) is 3.30. The average molecular weight is 227 g/mol. The van der Waals surface area contributed by atoms with Gasteiger partial charge in [0, 0.05) is 0 Å². The first-order chi connectivity index (χ1) is 7.54. The molecule has 0 amide bonds. The van der Waals surface area contributed by atoms with Crippen molar-refractivity contribution in [2.24, 2.45) is 11.7 Å². The molecule has 1 aromatic rings. The number of nitrogens with two attached hydrogens (primary N) is 1. The van der Waals surface area contributed by atoms with Crippen molar-refractivity contribution in [1.29, 1.82) is 0 Å². The topological polar surface area (TPSA) is 91.2 Å². The molecule has 0 fully saturated rings. The van der Waals surface area contributed by atoms with E-state index in [4.69, 9.17) is 15.0 Å². The highest BCUT2D eigenvalue weighted by Gasteiger charge is 2.20. The van der Waals surface area contributed by atoms with E-state index >= 15 is 0 Å². The minimum absolute atomic E-state index is 0.0731. The van der Waals surface area contributed by atoms with Gasteiger partial charge in [-0.15, -0.1) is 0 Å². The van der Waals surface area contributed by atoms with E-state index in [0.717, 1.165) is 6.42 Å². The van der Waals surface area contributed by atoms with Crippen molar-refractivity contribution < 1.29 is 14.1 Å². The van der Waals surface area contributed by atoms with Gasteiger partial charge in [0.1, 0.15) is 0 Å². The Morgan fingerprint density at radius 3 is 2.81 bits per heavy atom. The second-order valence-corrected chi connectivity index (χ2v) is 3.91. The monoisotopic (exact) mass is 227 g/mol. The highest BCUT2D eigenvalue weighted by atomic mass is 16.5. The quantitative estimate of drug-likeness (QED) is 0.762. The number of carbonyl (C=O) groups is 1. The zero-order valence-corrected chi connectivity index (χ0v) is 9.77. The van der Waals surface area contributed by atoms with Gasteiger partial charge in [0.15, 0.2) is 0 Å². The maximum Gasteiger partial charge on any atom is 0.379 e. The summed E-state index contributed by atoms with van der Waals surface area (Å²) in [5.74, 6) is 0.0370. The number of esters is 1. The van der Waals surface area contributed by atoms with Crippen LogP contribution < -0.4 is 5.73 Å². The number of ether oxygens (including phenoxy) is 1. The van der Waals surface area contributed by atoms with Crippen LogP contribution >= 0.6 is 0 Å². The fourth-order valence-electron chi connectivity index (χ4n) is 1.27. The average Bonchev–Trinajstić information content (AvgIpc) is 2.65. The lowest BCUT2D eigenvalue weighted by Crippen LogP contribution is -2.14. The molecule has 2 N–H and O–H groups in total. The summed E-state index contributed by atoms with van der Waals surface area (Å²) in [5.41, 5.74) is 5.84. The minimum Gasteiger partial charge on any atom is -0.460 e. The summed E-state index contributed by atoms with van der Waals surface area (Å²) in [5, 5.41) is 3.52. The second kappa shape index (κ2) is 5.60. The van der Waals surface area contributed by atoms with Crippen LogP contribution in [-0.2, 0) is 4.74 Å². The Balaban J connectivity index is 2.67. The van der Waals surface area contributed by atoms with Crippen LogP contribution in [0.2, 0.25) is 0 Å². The molecule has 0 bridgehead atoms. The van der Waals surface area contributed by atoms with E-state index < -0.39 is 5.97 Å². The third-order valence-electron chi connectivity index (χ3n) is 1.94. The molecule has 1 atom stereocenters. The summed E-state index contributed by atoms with van der Waals surface area (Å²) in [7, 11) is 0. The molecule has 1 unspecified atom stereocenters. The standard InChI is InChI=1S/C10H17N3O3/c1-4-15-10(14)8-12-9(16-13-8)7(11)5-6(2)3/h6-7H,4-5,11H2,1-3H3. The maximum absolute atomic E-state index is 11.3. The van der Waals surface area contributed by atoms with Gasteiger partial charge in [0.2, 0.25) is 5.89 Å². The zero-order chi connectivity index (χ0) is 12.1. The Kier molecular flexibility index (Phi) is 4.42. The van der Waals surface area contributed by atoms with Crippen LogP contribution in [0.1, 0.15) is 49.7 Å². The van der Waals surface area contributed by atoms with Crippen molar-refractivity contribution >= 4 is 5.97 Å². The lowest BCUT2D eigenvalue weighted by molar-refractivity contribution is 0.0508. The molecule has 1 aromatic heterocycles. The predicted octanol–water partition coefficient (Wildman–Crippen LogP) is 1.29. The smallest absolute Gasteiger partial charge is 0.379 e. The van der Waals surface area contributed by atoms with Crippen LogP contribution in [0.25, 0.3) is 0 Å². The minimum atomic E-state index is -0.589. The fraction of sp³-hybridized carbons (Fsp3) is 0.700. The number of nitrogens with zero attached hydrogens (tertiary/aromatic N) is 2. The van der Waals surface area contributed by atoms with Crippen molar-refractivity contribution in [1.82, 2.24) is 10.1 Å². The molecule has 0 saturated heterocycles. The molecule has 16 heavy (non-hydrogen) atoms. The van der Waals surface area contributed by atoms with Gasteiger partial charge in [-0.1, -0.05) is 13.8 Å². The van der Waals surface area contributed by atoms with Crippen molar-refractivity contribution in [2.45, 2.75) is 33.2 Å². The van der Waals surface area contributed by atoms with Gasteiger partial charge >= 0.3 is 5.97 Å². The largest absolute Gasteiger partial charge is 0.460 e. The van der Waals surface area contributed by atoms with Crippen LogP contribution in [0.3, 0.4) is 0 Å². The molecule has 0 aliphatic carbocycles. The molecule has 6 heteroatoms. The van der Waals surface area contributed by atoms with Crippen LogP contribution in [0.4, 0.5) is 0 Å². The highest BCUT2D eigenvalue weighted by Crippen LogP contribution is 2.16. The van der Waals surface area contributed by atoms with Crippen molar-refractivity contribution in [3.63, 3.8) is 0 Å². The summed E-state index contributed by atoms with van der Waals surface area (Å²) >= 11 is 0. The third-order valence-corrected chi connectivity index (χ3v) is 1.94. The van der Waals surface area contributed by atoms with Gasteiger partial charge in [0.05, 0.1) is 12.6 Å². The first-order valence-corrected chi connectivity index (χ1v) is 5.30. The lowest BCUT2D eigenvalue weighted by atomic mass is 10.0. The number of hydrogen-bond acceptors (Lipinski definition) is 6. The summed E-state index contributed by atoms with van der Waals surface area (Å²) < 4.78 is 9.65. The predicted molar refractivity (Wildman–Crippen MR) is 56.6 cm³/mol. The molecule has 0 radical (unpaired) electrons. The molecule has 0 aliphatic rings. The molecule has 0 spiro atoms. The van der Waals surface area contributed by atoms with Gasteiger partial charge in [-0.3, -0.25) is 0 Å². The lowest BCUT2D eigenvalue weighted by Gasteiger charge is -2.08. The van der Waals surface area contributed by atoms with Crippen LogP contribution in [0.15, 0.2) is 4.52 Å². The van der Waals surface area contributed by atoms with Crippen molar-refractivity contribution in [2.75, 3.05) is 6.61 Å².